The molecule has 0 saturated carbocycles. The molecule has 3 fully saturated rings. The van der Waals surface area contributed by atoms with Crippen molar-refractivity contribution in [2.75, 3.05) is 39.4 Å². The molecule has 0 unspecified atom stereocenters. The van der Waals surface area contributed by atoms with Crippen LogP contribution in [-0.2, 0) is 16.1 Å². The predicted octanol–water partition coefficient (Wildman–Crippen LogP) is 1.57. The van der Waals surface area contributed by atoms with Crippen molar-refractivity contribution in [1.82, 2.24) is 18.7 Å². The zero-order chi connectivity index (χ0) is 20.2. The lowest BCUT2D eigenvalue weighted by Crippen LogP contribution is -2.53. The molecule has 0 radical (unpaired) electrons. The Kier molecular flexibility index (Phi) is 4.54. The van der Waals surface area contributed by atoms with E-state index in [1.165, 1.54) is 17.1 Å². The summed E-state index contributed by atoms with van der Waals surface area (Å²) in [5.74, 6) is 1.48. The van der Waals surface area contributed by atoms with E-state index in [0.29, 0.717) is 17.8 Å². The number of rotatable bonds is 3. The van der Waals surface area contributed by atoms with Crippen molar-refractivity contribution in [2.45, 2.75) is 24.9 Å². The number of nitrogens with zero attached hydrogens (tertiary/aromatic N) is 4. The molecule has 5 atom stereocenters. The van der Waals surface area contributed by atoms with Crippen LogP contribution in [0.25, 0.3) is 0 Å². The first-order valence-corrected chi connectivity index (χ1v) is 11.7. The van der Waals surface area contributed by atoms with E-state index in [9.17, 15) is 9.59 Å². The summed E-state index contributed by atoms with van der Waals surface area (Å²) in [6.07, 6.45) is 2.91. The van der Waals surface area contributed by atoms with E-state index in [1.54, 1.807) is 6.07 Å². The van der Waals surface area contributed by atoms with E-state index in [-0.39, 0.29) is 17.4 Å². The van der Waals surface area contributed by atoms with E-state index < -0.39 is 6.04 Å². The Morgan fingerprint density at radius 3 is 2.73 bits per heavy atom. The minimum Gasteiger partial charge on any atom is -0.381 e. The van der Waals surface area contributed by atoms with Gasteiger partial charge in [0.1, 0.15) is 6.04 Å². The number of likely N-dealkylation sites (tertiary alicyclic amines) is 2. The van der Waals surface area contributed by atoms with Crippen LogP contribution in [0.2, 0.25) is 0 Å². The number of hydrogen-bond acceptors (Lipinski definition) is 6. The molecular weight excluding hydrogens is 400 g/mol. The minimum atomic E-state index is -0.395. The van der Waals surface area contributed by atoms with Gasteiger partial charge in [-0.1, -0.05) is 6.07 Å². The zero-order valence-corrected chi connectivity index (χ0v) is 17.7. The Bertz CT molecular complexity index is 994. The maximum atomic E-state index is 13.8. The van der Waals surface area contributed by atoms with Crippen LogP contribution in [0.5, 0.6) is 0 Å². The monoisotopic (exact) mass is 426 g/mol. The second-order valence-electron chi connectivity index (χ2n) is 9.32. The van der Waals surface area contributed by atoms with Gasteiger partial charge in [0.15, 0.2) is 0 Å². The molecule has 0 spiro atoms. The van der Waals surface area contributed by atoms with E-state index >= 15 is 0 Å². The summed E-state index contributed by atoms with van der Waals surface area (Å²) in [6, 6.07) is 5.10. The fourth-order valence-corrected chi connectivity index (χ4v) is 6.62. The third kappa shape index (κ3) is 3.04. The Labute approximate surface area is 179 Å². The molecule has 2 bridgehead atoms. The number of fused-ring (bicyclic) bond motifs is 5. The van der Waals surface area contributed by atoms with Crippen LogP contribution in [0.1, 0.15) is 29.6 Å². The highest BCUT2D eigenvalue weighted by Crippen LogP contribution is 2.43. The Morgan fingerprint density at radius 2 is 1.97 bits per heavy atom. The number of ether oxygens (including phenoxy) is 1. The van der Waals surface area contributed by atoms with Crippen molar-refractivity contribution in [3.05, 3.63) is 51.4 Å². The summed E-state index contributed by atoms with van der Waals surface area (Å²) >= 11 is 1.48. The first-order valence-electron chi connectivity index (χ1n) is 10.9. The quantitative estimate of drug-likeness (QED) is 0.745. The lowest BCUT2D eigenvalue weighted by Gasteiger charge is -2.47. The molecule has 2 aromatic heterocycles. The van der Waals surface area contributed by atoms with E-state index in [2.05, 4.69) is 14.7 Å². The van der Waals surface area contributed by atoms with Crippen LogP contribution in [0, 0.1) is 17.8 Å². The molecule has 158 valence electrons. The van der Waals surface area contributed by atoms with Crippen LogP contribution >= 0.6 is 11.5 Å². The molecule has 4 aliphatic heterocycles. The maximum Gasteiger partial charge on any atom is 0.251 e. The fraction of sp³-hybridized carbons (Fsp3) is 0.591. The minimum absolute atomic E-state index is 0.0428. The first-order chi connectivity index (χ1) is 14.7. The first kappa shape index (κ1) is 18.7. The highest BCUT2D eigenvalue weighted by molar-refractivity contribution is 7.03. The Balaban J connectivity index is 1.33. The van der Waals surface area contributed by atoms with Gasteiger partial charge >= 0.3 is 0 Å². The van der Waals surface area contributed by atoms with Gasteiger partial charge in [0.2, 0.25) is 5.91 Å². The maximum absolute atomic E-state index is 13.8. The molecule has 7 nitrogen and oxygen atoms in total. The summed E-state index contributed by atoms with van der Waals surface area (Å²) in [5.41, 5.74) is 2.20. The van der Waals surface area contributed by atoms with Gasteiger partial charge in [0.25, 0.3) is 5.56 Å². The number of amides is 1. The average Bonchev–Trinajstić information content (AvgIpc) is 3.46. The van der Waals surface area contributed by atoms with Crippen LogP contribution in [-0.4, -0.2) is 64.0 Å². The zero-order valence-electron chi connectivity index (χ0n) is 16.9. The van der Waals surface area contributed by atoms with Gasteiger partial charge in [0, 0.05) is 79.7 Å². The molecule has 6 rings (SSSR count). The van der Waals surface area contributed by atoms with Gasteiger partial charge in [-0.15, -0.1) is 0 Å². The standard InChI is InChI=1S/C22H26N4O3S/c27-20-3-1-2-19-15-4-16(8-24(7-15)6-14-5-23-30-13-14)21(26(19)20)22(28)25-9-17-11-29-12-18(17)10-25/h1-3,5,13,15-18,21H,4,6-12H2/t15-,16+,17-,18+,21+/m0/s1. The van der Waals surface area contributed by atoms with Gasteiger partial charge in [0.05, 0.1) is 13.2 Å². The van der Waals surface area contributed by atoms with Crippen molar-refractivity contribution in [2.24, 2.45) is 17.8 Å². The van der Waals surface area contributed by atoms with Gasteiger partial charge in [-0.2, -0.15) is 0 Å². The van der Waals surface area contributed by atoms with Crippen molar-refractivity contribution < 1.29 is 9.53 Å². The number of aromatic nitrogens is 2. The molecule has 4 aliphatic rings. The van der Waals surface area contributed by atoms with Gasteiger partial charge < -0.3 is 9.64 Å². The van der Waals surface area contributed by atoms with Gasteiger partial charge in [-0.05, 0) is 29.6 Å². The number of carbonyl (C=O) groups is 1. The topological polar surface area (TPSA) is 67.7 Å². The van der Waals surface area contributed by atoms with Crippen molar-refractivity contribution >= 4 is 17.4 Å². The van der Waals surface area contributed by atoms with Crippen molar-refractivity contribution in [3.8, 4) is 0 Å². The summed E-state index contributed by atoms with van der Waals surface area (Å²) in [4.78, 5) is 31.1. The number of pyridine rings is 1. The third-order valence-electron chi connectivity index (χ3n) is 7.42. The molecule has 3 saturated heterocycles. The second kappa shape index (κ2) is 7.28. The van der Waals surface area contributed by atoms with Crippen molar-refractivity contribution in [1.29, 1.82) is 0 Å². The normalized spacial score (nSPS) is 32.8. The summed E-state index contributed by atoms with van der Waals surface area (Å²) < 4.78 is 11.6. The molecule has 0 N–H and O–H groups in total. The molecule has 6 heterocycles. The molecule has 30 heavy (non-hydrogen) atoms. The largest absolute Gasteiger partial charge is 0.381 e. The van der Waals surface area contributed by atoms with Gasteiger partial charge in [-0.25, -0.2) is 4.37 Å². The molecular formula is C22H26N4O3S. The predicted molar refractivity (Wildman–Crippen MR) is 112 cm³/mol. The van der Waals surface area contributed by atoms with Crippen molar-refractivity contribution in [3.63, 3.8) is 0 Å². The summed E-state index contributed by atoms with van der Waals surface area (Å²) in [6.45, 7) is 5.64. The fourth-order valence-electron chi connectivity index (χ4n) is 6.09. The Hall–Kier alpha value is -2.03. The highest BCUT2D eigenvalue weighted by atomic mass is 32.1. The summed E-state index contributed by atoms with van der Waals surface area (Å²) in [7, 11) is 0. The van der Waals surface area contributed by atoms with Crippen LogP contribution in [0.4, 0.5) is 0 Å². The summed E-state index contributed by atoms with van der Waals surface area (Å²) in [5, 5.41) is 2.09. The second-order valence-corrected chi connectivity index (χ2v) is 9.98. The van der Waals surface area contributed by atoms with E-state index in [0.717, 1.165) is 58.1 Å². The van der Waals surface area contributed by atoms with E-state index in [4.69, 9.17) is 4.74 Å². The molecule has 1 amide bonds. The molecule has 0 aliphatic carbocycles. The number of piperidine rings is 1. The van der Waals surface area contributed by atoms with Gasteiger partial charge in [-0.3, -0.25) is 19.1 Å². The van der Waals surface area contributed by atoms with Crippen LogP contribution < -0.4 is 5.56 Å². The average molecular weight is 427 g/mol. The lowest BCUT2D eigenvalue weighted by molar-refractivity contribution is -0.138. The highest BCUT2D eigenvalue weighted by Gasteiger charge is 2.47. The lowest BCUT2D eigenvalue weighted by atomic mass is 9.78. The van der Waals surface area contributed by atoms with E-state index in [1.807, 2.05) is 27.8 Å². The number of carbonyl (C=O) groups excluding carboxylic acids is 1. The third-order valence-corrected chi connectivity index (χ3v) is 8.05. The smallest absolute Gasteiger partial charge is 0.251 e. The Morgan fingerprint density at radius 1 is 1.13 bits per heavy atom. The molecule has 8 heteroatoms. The van der Waals surface area contributed by atoms with Crippen LogP contribution in [0.3, 0.4) is 0 Å². The van der Waals surface area contributed by atoms with Crippen LogP contribution in [0.15, 0.2) is 34.6 Å². The molecule has 0 aromatic carbocycles. The number of hydrogen-bond donors (Lipinski definition) is 0. The molecule has 2 aromatic rings. The SMILES string of the molecule is O=C([C@H]1[C@@H]2C[C@@H](CN(Cc3cnsc3)C2)c2cccc(=O)n21)N1C[C@H]2COC[C@H]2C1.